The second-order valence-electron chi connectivity index (χ2n) is 4.13. The Morgan fingerprint density at radius 3 is 2.75 bits per heavy atom. The van der Waals surface area contributed by atoms with E-state index >= 15 is 0 Å². The van der Waals surface area contributed by atoms with Crippen molar-refractivity contribution in [2.24, 2.45) is 0 Å². The van der Waals surface area contributed by atoms with Crippen LogP contribution >= 0.6 is 11.6 Å². The molecule has 0 aliphatic carbocycles. The number of nitrogens with two attached hydrogens (primary N) is 1. The van der Waals surface area contributed by atoms with Gasteiger partial charge < -0.3 is 10.3 Å². The van der Waals surface area contributed by atoms with Crippen LogP contribution in [-0.2, 0) is 0 Å². The molecule has 20 heavy (non-hydrogen) atoms. The molecule has 1 heterocycles. The Bertz CT molecular complexity index is 773. The van der Waals surface area contributed by atoms with Crippen molar-refractivity contribution in [3.63, 3.8) is 0 Å². The summed E-state index contributed by atoms with van der Waals surface area (Å²) in [7, 11) is 0. The van der Waals surface area contributed by atoms with E-state index in [2.05, 4.69) is 10.1 Å². The molecule has 1 aromatic heterocycles. The van der Waals surface area contributed by atoms with Crippen LogP contribution in [0.1, 0.15) is 0 Å². The standard InChI is InChI=1S/C14H9ClFN3O/c15-9-4-1-3-8(7-9)13-18-14(20-19-13)10-5-2-6-11(16)12(10)17/h1-7H,17H2. The second-order valence-corrected chi connectivity index (χ2v) is 4.57. The molecule has 0 saturated carbocycles. The Kier molecular flexibility index (Phi) is 3.12. The van der Waals surface area contributed by atoms with Gasteiger partial charge in [-0.15, -0.1) is 0 Å². The third kappa shape index (κ3) is 2.23. The molecule has 0 spiro atoms. The third-order valence-corrected chi connectivity index (χ3v) is 3.03. The van der Waals surface area contributed by atoms with Gasteiger partial charge in [-0.1, -0.05) is 35.0 Å². The molecule has 2 aromatic carbocycles. The zero-order valence-electron chi connectivity index (χ0n) is 10.2. The van der Waals surface area contributed by atoms with Gasteiger partial charge in [0.2, 0.25) is 5.82 Å². The van der Waals surface area contributed by atoms with E-state index in [1.165, 1.54) is 12.1 Å². The van der Waals surface area contributed by atoms with Gasteiger partial charge in [-0.05, 0) is 24.3 Å². The lowest BCUT2D eigenvalue weighted by Crippen LogP contribution is -1.94. The fraction of sp³-hybridized carbons (Fsp3) is 0. The molecule has 0 aliphatic rings. The van der Waals surface area contributed by atoms with E-state index in [4.69, 9.17) is 21.9 Å². The van der Waals surface area contributed by atoms with Crippen LogP contribution in [0.3, 0.4) is 0 Å². The molecule has 3 rings (SSSR count). The van der Waals surface area contributed by atoms with E-state index in [0.717, 1.165) is 0 Å². The zero-order chi connectivity index (χ0) is 14.1. The van der Waals surface area contributed by atoms with Crippen LogP contribution in [-0.4, -0.2) is 10.1 Å². The molecule has 100 valence electrons. The number of rotatable bonds is 2. The van der Waals surface area contributed by atoms with E-state index in [1.807, 2.05) is 0 Å². The van der Waals surface area contributed by atoms with Gasteiger partial charge in [0.25, 0.3) is 5.89 Å². The molecule has 0 radical (unpaired) electrons. The highest BCUT2D eigenvalue weighted by molar-refractivity contribution is 6.30. The Labute approximate surface area is 119 Å². The van der Waals surface area contributed by atoms with Crippen molar-refractivity contribution in [1.29, 1.82) is 0 Å². The van der Waals surface area contributed by atoms with Gasteiger partial charge in [0.15, 0.2) is 0 Å². The fourth-order valence-electron chi connectivity index (χ4n) is 1.80. The van der Waals surface area contributed by atoms with Gasteiger partial charge in [0.05, 0.1) is 11.3 Å². The topological polar surface area (TPSA) is 64.9 Å². The number of nitrogen functional groups attached to an aromatic ring is 1. The lowest BCUT2D eigenvalue weighted by atomic mass is 10.1. The average molecular weight is 290 g/mol. The number of nitrogens with zero attached hydrogens (tertiary/aromatic N) is 2. The van der Waals surface area contributed by atoms with Crippen LogP contribution in [0.15, 0.2) is 47.0 Å². The van der Waals surface area contributed by atoms with Crippen molar-refractivity contribution in [3.8, 4) is 22.8 Å². The van der Waals surface area contributed by atoms with E-state index < -0.39 is 5.82 Å². The Morgan fingerprint density at radius 1 is 1.15 bits per heavy atom. The van der Waals surface area contributed by atoms with E-state index in [0.29, 0.717) is 22.0 Å². The first-order valence-corrected chi connectivity index (χ1v) is 6.17. The predicted octanol–water partition coefficient (Wildman–Crippen LogP) is 3.78. The molecule has 0 aliphatic heterocycles. The first kappa shape index (κ1) is 12.6. The van der Waals surface area contributed by atoms with E-state index in [1.54, 1.807) is 30.3 Å². The number of aromatic nitrogens is 2. The highest BCUT2D eigenvalue weighted by atomic mass is 35.5. The van der Waals surface area contributed by atoms with Gasteiger partial charge in [0.1, 0.15) is 5.82 Å². The largest absolute Gasteiger partial charge is 0.396 e. The van der Waals surface area contributed by atoms with Crippen LogP contribution in [0.4, 0.5) is 10.1 Å². The lowest BCUT2D eigenvalue weighted by molar-refractivity contribution is 0.432. The molecule has 0 unspecified atom stereocenters. The van der Waals surface area contributed by atoms with Gasteiger partial charge in [-0.3, -0.25) is 0 Å². The Morgan fingerprint density at radius 2 is 1.95 bits per heavy atom. The number of para-hydroxylation sites is 1. The smallest absolute Gasteiger partial charge is 0.260 e. The van der Waals surface area contributed by atoms with Gasteiger partial charge in [-0.25, -0.2) is 4.39 Å². The molecule has 0 bridgehead atoms. The predicted molar refractivity (Wildman–Crippen MR) is 74.6 cm³/mol. The molecule has 0 fully saturated rings. The summed E-state index contributed by atoms with van der Waals surface area (Å²) in [5, 5.41) is 4.42. The number of hydrogen-bond donors (Lipinski definition) is 1. The minimum absolute atomic E-state index is 0.0196. The minimum Gasteiger partial charge on any atom is -0.396 e. The lowest BCUT2D eigenvalue weighted by Gasteiger charge is -2.00. The summed E-state index contributed by atoms with van der Waals surface area (Å²) in [5.41, 5.74) is 6.72. The Hall–Kier alpha value is -2.40. The van der Waals surface area contributed by atoms with Gasteiger partial charge in [-0.2, -0.15) is 4.98 Å². The summed E-state index contributed by atoms with van der Waals surface area (Å²) >= 11 is 5.91. The summed E-state index contributed by atoms with van der Waals surface area (Å²) in [6, 6.07) is 11.5. The van der Waals surface area contributed by atoms with Crippen molar-refractivity contribution in [2.75, 3.05) is 5.73 Å². The monoisotopic (exact) mass is 289 g/mol. The Balaban J connectivity index is 2.04. The highest BCUT2D eigenvalue weighted by Crippen LogP contribution is 2.28. The molecular formula is C14H9ClFN3O. The van der Waals surface area contributed by atoms with Crippen LogP contribution in [0.25, 0.3) is 22.8 Å². The van der Waals surface area contributed by atoms with Crippen LogP contribution in [0, 0.1) is 5.82 Å². The van der Waals surface area contributed by atoms with Crippen molar-refractivity contribution in [1.82, 2.24) is 10.1 Å². The normalized spacial score (nSPS) is 10.7. The number of halogens is 2. The molecule has 0 saturated heterocycles. The summed E-state index contributed by atoms with van der Waals surface area (Å²) in [4.78, 5) is 4.21. The third-order valence-electron chi connectivity index (χ3n) is 2.79. The molecule has 0 amide bonds. The van der Waals surface area contributed by atoms with Crippen LogP contribution in [0.2, 0.25) is 5.02 Å². The van der Waals surface area contributed by atoms with Gasteiger partial charge in [0, 0.05) is 10.6 Å². The van der Waals surface area contributed by atoms with Crippen LogP contribution in [0.5, 0.6) is 0 Å². The van der Waals surface area contributed by atoms with Gasteiger partial charge >= 0.3 is 0 Å². The SMILES string of the molecule is Nc1c(F)cccc1-c1nc(-c2cccc(Cl)c2)no1. The second kappa shape index (κ2) is 4.94. The summed E-state index contributed by atoms with van der Waals surface area (Å²) in [6.45, 7) is 0. The van der Waals surface area contributed by atoms with Crippen molar-refractivity contribution in [3.05, 3.63) is 53.3 Å². The summed E-state index contributed by atoms with van der Waals surface area (Å²) < 4.78 is 18.5. The number of benzene rings is 2. The summed E-state index contributed by atoms with van der Waals surface area (Å²) in [5.74, 6) is 0.00754. The highest BCUT2D eigenvalue weighted by Gasteiger charge is 2.15. The molecular weight excluding hydrogens is 281 g/mol. The maximum atomic E-state index is 13.4. The fourth-order valence-corrected chi connectivity index (χ4v) is 1.99. The zero-order valence-corrected chi connectivity index (χ0v) is 10.9. The molecule has 3 aromatic rings. The quantitative estimate of drug-likeness (QED) is 0.729. The first-order chi connectivity index (χ1) is 9.65. The van der Waals surface area contributed by atoms with E-state index in [-0.39, 0.29) is 11.6 Å². The van der Waals surface area contributed by atoms with E-state index in [9.17, 15) is 4.39 Å². The number of hydrogen-bond acceptors (Lipinski definition) is 4. The molecule has 4 nitrogen and oxygen atoms in total. The molecule has 0 atom stereocenters. The molecule has 6 heteroatoms. The molecule has 2 N–H and O–H groups in total. The average Bonchev–Trinajstić information content (AvgIpc) is 2.91. The van der Waals surface area contributed by atoms with Crippen LogP contribution < -0.4 is 5.73 Å². The number of anilines is 1. The van der Waals surface area contributed by atoms with Crippen molar-refractivity contribution in [2.45, 2.75) is 0 Å². The minimum atomic E-state index is -0.523. The van der Waals surface area contributed by atoms with Crippen molar-refractivity contribution < 1.29 is 8.91 Å². The maximum Gasteiger partial charge on any atom is 0.260 e. The first-order valence-electron chi connectivity index (χ1n) is 5.79. The summed E-state index contributed by atoms with van der Waals surface area (Å²) in [6.07, 6.45) is 0. The maximum absolute atomic E-state index is 13.4. The van der Waals surface area contributed by atoms with Crippen molar-refractivity contribution >= 4 is 17.3 Å².